The number of aromatic nitrogens is 1. The van der Waals surface area contributed by atoms with Crippen LogP contribution >= 0.6 is 11.6 Å². The number of anilines is 1. The van der Waals surface area contributed by atoms with Gasteiger partial charge in [-0.05, 0) is 36.8 Å². The predicted molar refractivity (Wildman–Crippen MR) is 94.2 cm³/mol. The minimum atomic E-state index is -3.54. The minimum Gasteiger partial charge on any atom is -0.281 e. The lowest BCUT2D eigenvalue weighted by molar-refractivity contribution is 0.600. The van der Waals surface area contributed by atoms with Crippen LogP contribution in [0.4, 0.5) is 5.69 Å². The molecule has 0 aliphatic carbocycles. The zero-order valence-electron chi connectivity index (χ0n) is 12.5. The van der Waals surface area contributed by atoms with E-state index in [4.69, 9.17) is 11.6 Å². The van der Waals surface area contributed by atoms with Gasteiger partial charge in [-0.1, -0.05) is 41.9 Å². The molecule has 2 aromatic carbocycles. The average molecular weight is 347 g/mol. The maximum Gasteiger partial charge on any atom is 0.236 e. The first kappa shape index (κ1) is 15.8. The van der Waals surface area contributed by atoms with E-state index in [0.29, 0.717) is 21.8 Å². The van der Waals surface area contributed by atoms with Crippen molar-refractivity contribution in [2.24, 2.45) is 0 Å². The van der Waals surface area contributed by atoms with Gasteiger partial charge >= 0.3 is 0 Å². The third-order valence-corrected chi connectivity index (χ3v) is 4.89. The second-order valence-electron chi connectivity index (χ2n) is 5.32. The van der Waals surface area contributed by atoms with Gasteiger partial charge in [-0.25, -0.2) is 8.42 Å². The highest BCUT2D eigenvalue weighted by Crippen LogP contribution is 2.23. The zero-order valence-corrected chi connectivity index (χ0v) is 14.0. The van der Waals surface area contributed by atoms with E-state index in [-0.39, 0.29) is 5.75 Å². The van der Waals surface area contributed by atoms with Gasteiger partial charge in [0, 0.05) is 16.1 Å². The second-order valence-corrected chi connectivity index (χ2v) is 7.48. The van der Waals surface area contributed by atoms with Crippen LogP contribution in [0.25, 0.3) is 10.9 Å². The number of rotatable bonds is 4. The van der Waals surface area contributed by atoms with Crippen LogP contribution in [0.5, 0.6) is 0 Å². The number of fused-ring (bicyclic) bond motifs is 1. The molecule has 0 saturated heterocycles. The van der Waals surface area contributed by atoms with Gasteiger partial charge in [0.2, 0.25) is 10.0 Å². The van der Waals surface area contributed by atoms with Crippen LogP contribution in [-0.4, -0.2) is 13.4 Å². The summed E-state index contributed by atoms with van der Waals surface area (Å²) in [6, 6.07) is 16.0. The Morgan fingerprint density at radius 2 is 1.78 bits per heavy atom. The lowest BCUT2D eigenvalue weighted by atomic mass is 10.2. The summed E-state index contributed by atoms with van der Waals surface area (Å²) in [5, 5.41) is 1.47. The van der Waals surface area contributed by atoms with Crippen molar-refractivity contribution in [3.8, 4) is 0 Å². The van der Waals surface area contributed by atoms with E-state index in [1.807, 2.05) is 25.1 Å². The van der Waals surface area contributed by atoms with Crippen LogP contribution in [0.2, 0.25) is 5.02 Å². The summed E-state index contributed by atoms with van der Waals surface area (Å²) in [6.45, 7) is 1.87. The lowest BCUT2D eigenvalue weighted by Gasteiger charge is -2.11. The number of hydrogen-bond donors (Lipinski definition) is 1. The monoisotopic (exact) mass is 346 g/mol. The van der Waals surface area contributed by atoms with E-state index in [9.17, 15) is 8.42 Å². The van der Waals surface area contributed by atoms with Gasteiger partial charge in [0.25, 0.3) is 0 Å². The van der Waals surface area contributed by atoms with Gasteiger partial charge in [-0.2, -0.15) is 0 Å². The third kappa shape index (κ3) is 3.81. The van der Waals surface area contributed by atoms with E-state index in [1.165, 1.54) is 0 Å². The molecule has 0 aliphatic rings. The molecule has 0 radical (unpaired) electrons. The Hall–Kier alpha value is -2.11. The molecule has 0 amide bonds. The molecule has 0 spiro atoms. The Labute approximate surface area is 140 Å². The molecule has 0 saturated carbocycles. The van der Waals surface area contributed by atoms with Gasteiger partial charge in [0.1, 0.15) is 0 Å². The molecule has 1 N–H and O–H groups in total. The topological polar surface area (TPSA) is 59.1 Å². The van der Waals surface area contributed by atoms with E-state index in [0.717, 1.165) is 11.1 Å². The fraction of sp³-hybridized carbons (Fsp3) is 0.118. The van der Waals surface area contributed by atoms with Gasteiger partial charge in [-0.15, -0.1) is 0 Å². The molecule has 118 valence electrons. The van der Waals surface area contributed by atoms with Gasteiger partial charge in [0.05, 0.1) is 17.0 Å². The summed E-state index contributed by atoms with van der Waals surface area (Å²) in [4.78, 5) is 4.43. The molecular weight excluding hydrogens is 332 g/mol. The van der Waals surface area contributed by atoms with Crippen LogP contribution in [0, 0.1) is 6.92 Å². The van der Waals surface area contributed by atoms with Crippen LogP contribution in [-0.2, 0) is 15.8 Å². The first-order valence-electron chi connectivity index (χ1n) is 7.04. The Bertz CT molecular complexity index is 954. The van der Waals surface area contributed by atoms with Crippen molar-refractivity contribution in [1.29, 1.82) is 0 Å². The van der Waals surface area contributed by atoms with Crippen molar-refractivity contribution in [3.05, 3.63) is 70.9 Å². The summed E-state index contributed by atoms with van der Waals surface area (Å²) in [5.74, 6) is -0.119. The fourth-order valence-electron chi connectivity index (χ4n) is 2.33. The van der Waals surface area contributed by atoms with Gasteiger partial charge < -0.3 is 0 Å². The average Bonchev–Trinajstić information content (AvgIpc) is 2.50. The molecule has 0 aliphatic heterocycles. The predicted octanol–water partition coefficient (Wildman–Crippen LogP) is 4.14. The molecule has 0 bridgehead atoms. The SMILES string of the molecule is Cc1ccc2cccc(NS(=O)(=O)Cc3ccc(Cl)cc3)c2n1. The van der Waals surface area contributed by atoms with Crippen molar-refractivity contribution in [1.82, 2.24) is 4.98 Å². The third-order valence-electron chi connectivity index (χ3n) is 3.39. The van der Waals surface area contributed by atoms with E-state index in [2.05, 4.69) is 9.71 Å². The molecule has 0 fully saturated rings. The minimum absolute atomic E-state index is 0.119. The Balaban J connectivity index is 1.91. The first-order chi connectivity index (χ1) is 10.9. The Morgan fingerprint density at radius 1 is 1.04 bits per heavy atom. The standard InChI is InChI=1S/C17H15ClN2O2S/c1-12-5-8-14-3-2-4-16(17(14)19-12)20-23(21,22)11-13-6-9-15(18)10-7-13/h2-10,20H,11H2,1H3. The highest BCUT2D eigenvalue weighted by molar-refractivity contribution is 7.91. The van der Waals surface area contributed by atoms with Crippen molar-refractivity contribution < 1.29 is 8.42 Å². The number of hydrogen-bond acceptors (Lipinski definition) is 3. The Morgan fingerprint density at radius 3 is 2.52 bits per heavy atom. The largest absolute Gasteiger partial charge is 0.281 e. The maximum atomic E-state index is 12.4. The van der Waals surface area contributed by atoms with Crippen molar-refractivity contribution in [2.75, 3.05) is 4.72 Å². The second kappa shape index (κ2) is 6.18. The quantitative estimate of drug-likeness (QED) is 0.772. The highest BCUT2D eigenvalue weighted by Gasteiger charge is 2.14. The number of aryl methyl sites for hydroxylation is 1. The number of sulfonamides is 1. The van der Waals surface area contributed by atoms with Crippen molar-refractivity contribution >= 4 is 38.2 Å². The van der Waals surface area contributed by atoms with E-state index in [1.54, 1.807) is 36.4 Å². The first-order valence-corrected chi connectivity index (χ1v) is 9.07. The number of nitrogens with one attached hydrogen (secondary N) is 1. The van der Waals surface area contributed by atoms with Crippen molar-refractivity contribution in [2.45, 2.75) is 12.7 Å². The number of para-hydroxylation sites is 1. The van der Waals surface area contributed by atoms with Crippen LogP contribution < -0.4 is 4.72 Å². The van der Waals surface area contributed by atoms with E-state index >= 15 is 0 Å². The number of nitrogens with zero attached hydrogens (tertiary/aromatic N) is 1. The lowest BCUT2D eigenvalue weighted by Crippen LogP contribution is -2.15. The molecule has 4 nitrogen and oxygen atoms in total. The zero-order chi connectivity index (χ0) is 16.4. The normalized spacial score (nSPS) is 11.6. The molecule has 3 aromatic rings. The number of halogens is 1. The smallest absolute Gasteiger partial charge is 0.236 e. The molecule has 0 unspecified atom stereocenters. The molecular formula is C17H15ClN2O2S. The molecule has 0 atom stereocenters. The van der Waals surface area contributed by atoms with Gasteiger partial charge in [-0.3, -0.25) is 9.71 Å². The maximum absolute atomic E-state index is 12.4. The molecule has 1 heterocycles. The van der Waals surface area contributed by atoms with E-state index < -0.39 is 10.0 Å². The Kier molecular flexibility index (Phi) is 4.24. The molecule has 3 rings (SSSR count). The summed E-state index contributed by atoms with van der Waals surface area (Å²) < 4.78 is 27.5. The van der Waals surface area contributed by atoms with Crippen LogP contribution in [0.3, 0.4) is 0 Å². The van der Waals surface area contributed by atoms with Crippen molar-refractivity contribution in [3.63, 3.8) is 0 Å². The fourth-order valence-corrected chi connectivity index (χ4v) is 3.66. The molecule has 1 aromatic heterocycles. The number of pyridine rings is 1. The molecule has 23 heavy (non-hydrogen) atoms. The highest BCUT2D eigenvalue weighted by atomic mass is 35.5. The summed E-state index contributed by atoms with van der Waals surface area (Å²) >= 11 is 5.82. The van der Waals surface area contributed by atoms with Crippen LogP contribution in [0.1, 0.15) is 11.3 Å². The summed E-state index contributed by atoms with van der Waals surface area (Å²) in [6.07, 6.45) is 0. The van der Waals surface area contributed by atoms with Crippen LogP contribution in [0.15, 0.2) is 54.6 Å². The summed E-state index contributed by atoms with van der Waals surface area (Å²) in [7, 11) is -3.54. The molecule has 6 heteroatoms. The summed E-state index contributed by atoms with van der Waals surface area (Å²) in [5.41, 5.74) is 2.64. The number of benzene rings is 2. The van der Waals surface area contributed by atoms with Gasteiger partial charge in [0.15, 0.2) is 0 Å².